The fraction of sp³-hybridized carbons (Fsp3) is 0.0909. The van der Waals surface area contributed by atoms with E-state index in [1.54, 1.807) is 12.1 Å². The first-order valence-corrected chi connectivity index (χ1v) is 8.57. The van der Waals surface area contributed by atoms with Crippen LogP contribution in [-0.4, -0.2) is 13.3 Å². The maximum atomic E-state index is 13.2. The second-order valence-electron chi connectivity index (χ2n) is 3.90. The van der Waals surface area contributed by atoms with Crippen molar-refractivity contribution in [3.8, 4) is 0 Å². The van der Waals surface area contributed by atoms with Crippen LogP contribution in [0.4, 0.5) is 10.1 Å². The average Bonchev–Trinajstić information content (AvgIpc) is 2.82. The molecule has 0 spiro atoms. The zero-order chi connectivity index (χ0) is 15.6. The number of benzene rings is 1. The van der Waals surface area contributed by atoms with E-state index in [-0.39, 0.29) is 11.4 Å². The SMILES string of the molecule is O=[N+]([O-])c1cc(S(=O)(=O)NCc2ccc(Br)s2)ccc1F. The van der Waals surface area contributed by atoms with Gasteiger partial charge < -0.3 is 0 Å². The van der Waals surface area contributed by atoms with Crippen molar-refractivity contribution in [3.63, 3.8) is 0 Å². The van der Waals surface area contributed by atoms with Crippen molar-refractivity contribution in [1.29, 1.82) is 0 Å². The van der Waals surface area contributed by atoms with E-state index in [2.05, 4.69) is 20.7 Å². The molecule has 0 fully saturated rings. The summed E-state index contributed by atoms with van der Waals surface area (Å²) in [5.74, 6) is -1.08. The number of nitro groups is 1. The zero-order valence-corrected chi connectivity index (χ0v) is 13.5. The number of sulfonamides is 1. The highest BCUT2D eigenvalue weighted by atomic mass is 79.9. The van der Waals surface area contributed by atoms with Crippen molar-refractivity contribution in [2.24, 2.45) is 0 Å². The Morgan fingerprint density at radius 2 is 2.05 bits per heavy atom. The van der Waals surface area contributed by atoms with Gasteiger partial charge in [-0.05, 0) is 40.2 Å². The van der Waals surface area contributed by atoms with Gasteiger partial charge in [0.1, 0.15) is 0 Å². The summed E-state index contributed by atoms with van der Waals surface area (Å²) in [6, 6.07) is 5.95. The molecule has 112 valence electrons. The molecule has 0 atom stereocenters. The van der Waals surface area contributed by atoms with Gasteiger partial charge in [-0.15, -0.1) is 11.3 Å². The molecule has 21 heavy (non-hydrogen) atoms. The number of halogens is 2. The predicted molar refractivity (Wildman–Crippen MR) is 79.1 cm³/mol. The lowest BCUT2D eigenvalue weighted by molar-refractivity contribution is -0.387. The summed E-state index contributed by atoms with van der Waals surface area (Å²) in [5.41, 5.74) is -0.878. The maximum absolute atomic E-state index is 13.2. The van der Waals surface area contributed by atoms with E-state index in [1.807, 2.05) is 0 Å². The number of nitrogens with zero attached hydrogens (tertiary/aromatic N) is 1. The molecule has 0 aliphatic heterocycles. The highest BCUT2D eigenvalue weighted by Gasteiger charge is 2.21. The molecular weight excluding hydrogens is 387 g/mol. The Bertz CT molecular complexity index is 791. The molecule has 0 bridgehead atoms. The molecular formula is C11H8BrFN2O4S2. The summed E-state index contributed by atoms with van der Waals surface area (Å²) in [5, 5.41) is 10.6. The Hall–Kier alpha value is -1.36. The number of hydrogen-bond donors (Lipinski definition) is 1. The van der Waals surface area contributed by atoms with Gasteiger partial charge in [0.05, 0.1) is 13.6 Å². The molecule has 10 heteroatoms. The third kappa shape index (κ3) is 3.84. The summed E-state index contributed by atoms with van der Waals surface area (Å²) in [6.07, 6.45) is 0. The molecule has 0 aliphatic carbocycles. The van der Waals surface area contributed by atoms with E-state index in [0.29, 0.717) is 6.07 Å². The van der Waals surface area contributed by atoms with Crippen molar-refractivity contribution in [2.75, 3.05) is 0 Å². The van der Waals surface area contributed by atoms with Crippen LogP contribution < -0.4 is 4.72 Å². The normalized spacial score (nSPS) is 11.5. The maximum Gasteiger partial charge on any atom is 0.306 e. The van der Waals surface area contributed by atoms with E-state index < -0.39 is 26.5 Å². The van der Waals surface area contributed by atoms with Crippen LogP contribution in [-0.2, 0) is 16.6 Å². The Morgan fingerprint density at radius 1 is 1.33 bits per heavy atom. The lowest BCUT2D eigenvalue weighted by atomic mass is 10.3. The molecule has 0 aliphatic rings. The molecule has 0 amide bonds. The topological polar surface area (TPSA) is 89.3 Å². The van der Waals surface area contributed by atoms with Gasteiger partial charge >= 0.3 is 5.69 Å². The zero-order valence-electron chi connectivity index (χ0n) is 10.2. The third-order valence-corrected chi connectivity index (χ3v) is 5.51. The minimum atomic E-state index is -3.95. The lowest BCUT2D eigenvalue weighted by Gasteiger charge is -2.05. The van der Waals surface area contributed by atoms with Crippen LogP contribution in [0.3, 0.4) is 0 Å². The van der Waals surface area contributed by atoms with Crippen molar-refractivity contribution >= 4 is 43.0 Å². The number of hydrogen-bond acceptors (Lipinski definition) is 5. The molecule has 0 saturated heterocycles. The summed E-state index contributed by atoms with van der Waals surface area (Å²) in [4.78, 5) is 10.1. The first-order chi connectivity index (χ1) is 9.79. The molecule has 2 aromatic rings. The van der Waals surface area contributed by atoms with Crippen LogP contribution in [0.15, 0.2) is 39.0 Å². The summed E-state index contributed by atoms with van der Waals surface area (Å²) in [7, 11) is -3.95. The van der Waals surface area contributed by atoms with Gasteiger partial charge in [0.2, 0.25) is 15.8 Å². The summed E-state index contributed by atoms with van der Waals surface area (Å²) >= 11 is 4.61. The van der Waals surface area contributed by atoms with Gasteiger partial charge in [0, 0.05) is 17.5 Å². The molecule has 1 aromatic heterocycles. The van der Waals surface area contributed by atoms with Crippen LogP contribution in [0.1, 0.15) is 4.88 Å². The third-order valence-electron chi connectivity index (χ3n) is 2.49. The second kappa shape index (κ2) is 6.18. The summed E-state index contributed by atoms with van der Waals surface area (Å²) in [6.45, 7) is 0.0454. The van der Waals surface area contributed by atoms with Gasteiger partial charge in [-0.1, -0.05) is 0 Å². The van der Waals surface area contributed by atoms with Crippen LogP contribution in [0.5, 0.6) is 0 Å². The fourth-order valence-electron chi connectivity index (χ4n) is 1.50. The second-order valence-corrected chi connectivity index (χ2v) is 8.22. The number of rotatable bonds is 5. The predicted octanol–water partition coefficient (Wildman–Crippen LogP) is 3.04. The number of nitrogens with one attached hydrogen (secondary N) is 1. The van der Waals surface area contributed by atoms with Crippen molar-refractivity contribution in [2.45, 2.75) is 11.4 Å². The van der Waals surface area contributed by atoms with Gasteiger partial charge in [-0.25, -0.2) is 13.1 Å². The van der Waals surface area contributed by atoms with Crippen molar-refractivity contribution in [3.05, 3.63) is 54.9 Å². The largest absolute Gasteiger partial charge is 0.306 e. The summed E-state index contributed by atoms with van der Waals surface area (Å²) < 4.78 is 40.4. The van der Waals surface area contributed by atoms with Gasteiger partial charge in [0.15, 0.2) is 0 Å². The van der Waals surface area contributed by atoms with Crippen molar-refractivity contribution in [1.82, 2.24) is 4.72 Å². The Labute approximate surface area is 131 Å². The Balaban J connectivity index is 2.23. The molecule has 1 N–H and O–H groups in total. The quantitative estimate of drug-likeness (QED) is 0.623. The standard InChI is InChI=1S/C11H8BrFN2O4S2/c12-11-4-1-7(20-11)6-14-21(18,19)8-2-3-9(13)10(5-8)15(16)17/h1-5,14H,6H2. The van der Waals surface area contributed by atoms with Gasteiger partial charge in [0.25, 0.3) is 0 Å². The van der Waals surface area contributed by atoms with Crippen LogP contribution in [0.2, 0.25) is 0 Å². The minimum Gasteiger partial charge on any atom is -0.258 e. The van der Waals surface area contributed by atoms with E-state index in [1.165, 1.54) is 11.3 Å². The minimum absolute atomic E-state index is 0.0454. The molecule has 2 rings (SSSR count). The molecule has 6 nitrogen and oxygen atoms in total. The highest BCUT2D eigenvalue weighted by Crippen LogP contribution is 2.24. The van der Waals surface area contributed by atoms with E-state index in [9.17, 15) is 22.9 Å². The van der Waals surface area contributed by atoms with E-state index in [4.69, 9.17) is 0 Å². The first kappa shape index (κ1) is 16.0. The monoisotopic (exact) mass is 394 g/mol. The van der Waals surface area contributed by atoms with Crippen molar-refractivity contribution < 1.29 is 17.7 Å². The molecule has 0 radical (unpaired) electrons. The Morgan fingerprint density at radius 3 is 2.62 bits per heavy atom. The molecule has 0 unspecified atom stereocenters. The smallest absolute Gasteiger partial charge is 0.258 e. The number of thiophene rings is 1. The highest BCUT2D eigenvalue weighted by molar-refractivity contribution is 9.11. The lowest BCUT2D eigenvalue weighted by Crippen LogP contribution is -2.23. The van der Waals surface area contributed by atoms with E-state index in [0.717, 1.165) is 20.8 Å². The molecule has 1 heterocycles. The van der Waals surface area contributed by atoms with Crippen LogP contribution >= 0.6 is 27.3 Å². The van der Waals surface area contributed by atoms with Crippen LogP contribution in [0.25, 0.3) is 0 Å². The average molecular weight is 395 g/mol. The van der Waals surface area contributed by atoms with Crippen LogP contribution in [0, 0.1) is 15.9 Å². The molecule has 0 saturated carbocycles. The van der Waals surface area contributed by atoms with E-state index >= 15 is 0 Å². The molecule has 1 aromatic carbocycles. The Kier molecular flexibility index (Phi) is 4.71. The fourth-order valence-corrected chi connectivity index (χ4v) is 4.04. The van der Waals surface area contributed by atoms with Gasteiger partial charge in [-0.3, -0.25) is 10.1 Å². The first-order valence-electron chi connectivity index (χ1n) is 5.47. The number of nitro benzene ring substituents is 1. The van der Waals surface area contributed by atoms with Gasteiger partial charge in [-0.2, -0.15) is 4.39 Å².